The van der Waals surface area contributed by atoms with Crippen molar-refractivity contribution >= 4 is 29.6 Å². The van der Waals surface area contributed by atoms with E-state index in [-0.39, 0.29) is 49.8 Å². The van der Waals surface area contributed by atoms with Gasteiger partial charge in [-0.1, -0.05) is 90.7 Å². The number of fused-ring (bicyclic) bond motifs is 3. The fourth-order valence-corrected chi connectivity index (χ4v) is 8.40. The molecule has 0 aromatic heterocycles. The summed E-state index contributed by atoms with van der Waals surface area (Å²) in [5, 5.41) is 22.8. The Labute approximate surface area is 324 Å². The first-order valence-corrected chi connectivity index (χ1v) is 18.3. The van der Waals surface area contributed by atoms with E-state index in [4.69, 9.17) is 14.2 Å². The van der Waals surface area contributed by atoms with E-state index in [9.17, 15) is 24.6 Å². The number of phenolic OH excluding ortho intramolecular Hbond substituents is 1. The van der Waals surface area contributed by atoms with Gasteiger partial charge in [0.2, 0.25) is 11.8 Å². The molecule has 0 saturated carbocycles. The summed E-state index contributed by atoms with van der Waals surface area (Å²) in [6.07, 6.45) is -0.211. The van der Waals surface area contributed by atoms with Crippen molar-refractivity contribution in [2.75, 3.05) is 38.4 Å². The van der Waals surface area contributed by atoms with Crippen LogP contribution in [0.4, 0.5) is 10.5 Å². The number of nitrogens with zero attached hydrogens (tertiary/aromatic N) is 2. The van der Waals surface area contributed by atoms with Crippen molar-refractivity contribution < 1.29 is 43.6 Å². The number of carbonyl (C=O) groups is 4. The monoisotopic (exact) mass is 755 g/mol. The Morgan fingerprint density at radius 1 is 0.929 bits per heavy atom. The summed E-state index contributed by atoms with van der Waals surface area (Å²) in [6.45, 7) is 3.51. The van der Waals surface area contributed by atoms with Crippen LogP contribution in [-0.4, -0.2) is 78.5 Å². The topological polar surface area (TPSA) is 155 Å². The summed E-state index contributed by atoms with van der Waals surface area (Å²) < 4.78 is 17.1. The van der Waals surface area contributed by atoms with Crippen LogP contribution in [0, 0.1) is 17.8 Å². The van der Waals surface area contributed by atoms with Gasteiger partial charge < -0.3 is 29.7 Å². The number of carbonyl (C=O) groups excluding carboxylic acids is 4. The Morgan fingerprint density at radius 3 is 2.29 bits per heavy atom. The number of amides is 3. The first kappa shape index (κ1) is 38.0. The third-order valence-corrected chi connectivity index (χ3v) is 10.5. The molecular formula is C44H41N3O9. The smallest absolute Gasteiger partial charge is 0.421 e. The predicted molar refractivity (Wildman–Crippen MR) is 205 cm³/mol. The van der Waals surface area contributed by atoms with Gasteiger partial charge in [-0.3, -0.25) is 19.3 Å². The molecule has 3 aliphatic rings. The van der Waals surface area contributed by atoms with Crippen LogP contribution in [0.2, 0.25) is 0 Å². The molecule has 3 amide bonds. The first-order valence-electron chi connectivity index (χ1n) is 18.3. The third kappa shape index (κ3) is 6.49. The number of cyclic esters (lactones) is 1. The van der Waals surface area contributed by atoms with Crippen molar-refractivity contribution in [3.8, 4) is 17.6 Å². The molecule has 2 saturated heterocycles. The number of aliphatic hydroxyl groups is 1. The van der Waals surface area contributed by atoms with Crippen LogP contribution in [0.15, 0.2) is 116 Å². The molecule has 6 atom stereocenters. The van der Waals surface area contributed by atoms with Crippen molar-refractivity contribution in [2.24, 2.45) is 5.92 Å². The summed E-state index contributed by atoms with van der Waals surface area (Å²) in [7, 11) is 1.45. The van der Waals surface area contributed by atoms with Gasteiger partial charge in [0.15, 0.2) is 0 Å². The number of benzene rings is 4. The van der Waals surface area contributed by atoms with Crippen LogP contribution in [-0.2, 0) is 34.0 Å². The van der Waals surface area contributed by atoms with Gasteiger partial charge in [-0.05, 0) is 52.6 Å². The summed E-state index contributed by atoms with van der Waals surface area (Å²) in [5.74, 6) is 2.25. The van der Waals surface area contributed by atoms with Gasteiger partial charge in [-0.15, -0.1) is 6.58 Å². The largest absolute Gasteiger partial charge is 0.508 e. The number of methoxy groups -OCH3 is 1. The Morgan fingerprint density at radius 2 is 1.62 bits per heavy atom. The van der Waals surface area contributed by atoms with E-state index in [0.717, 1.165) is 10.5 Å². The second kappa shape index (κ2) is 16.2. The summed E-state index contributed by atoms with van der Waals surface area (Å²) in [5.41, 5.74) is 0.796. The van der Waals surface area contributed by atoms with Crippen molar-refractivity contribution in [1.82, 2.24) is 10.2 Å². The van der Waals surface area contributed by atoms with Crippen LogP contribution in [0.25, 0.3) is 0 Å². The molecule has 3 heterocycles. The van der Waals surface area contributed by atoms with Crippen LogP contribution in [0.5, 0.6) is 5.75 Å². The molecule has 7 rings (SSSR count). The molecule has 12 nitrogen and oxygen atoms in total. The minimum Gasteiger partial charge on any atom is -0.508 e. The molecule has 0 unspecified atom stereocenters. The summed E-state index contributed by atoms with van der Waals surface area (Å²) in [6, 6.07) is 26.5. The maximum atomic E-state index is 15.8. The highest BCUT2D eigenvalue weighted by Gasteiger charge is 2.75. The number of phenols is 1. The lowest BCUT2D eigenvalue weighted by Crippen LogP contribution is -2.55. The Kier molecular flexibility index (Phi) is 11.0. The molecular weight excluding hydrogens is 714 g/mol. The third-order valence-electron chi connectivity index (χ3n) is 10.5. The molecule has 0 radical (unpaired) electrons. The molecule has 4 aromatic rings. The number of hydrogen-bond acceptors (Lipinski definition) is 10. The van der Waals surface area contributed by atoms with Gasteiger partial charge >= 0.3 is 12.1 Å². The molecule has 0 bridgehead atoms. The summed E-state index contributed by atoms with van der Waals surface area (Å²) in [4.78, 5) is 62.5. The number of aliphatic hydroxyl groups excluding tert-OH is 1. The van der Waals surface area contributed by atoms with E-state index >= 15 is 4.79 Å². The number of morpholine rings is 1. The minimum absolute atomic E-state index is 0.0162. The van der Waals surface area contributed by atoms with Gasteiger partial charge in [0.05, 0.1) is 36.9 Å². The average Bonchev–Trinajstić information content (AvgIpc) is 3.67. The number of rotatable bonds is 10. The van der Waals surface area contributed by atoms with Crippen molar-refractivity contribution in [3.63, 3.8) is 0 Å². The van der Waals surface area contributed by atoms with Crippen LogP contribution in [0.3, 0.4) is 0 Å². The Hall–Kier alpha value is -6.26. The van der Waals surface area contributed by atoms with E-state index < -0.39 is 59.4 Å². The lowest BCUT2D eigenvalue weighted by molar-refractivity contribution is -0.178. The second-order valence-corrected chi connectivity index (χ2v) is 13.6. The number of anilines is 1. The lowest BCUT2D eigenvalue weighted by Gasteiger charge is -2.46. The Bertz CT molecular complexity index is 2180. The molecule has 0 aliphatic carbocycles. The van der Waals surface area contributed by atoms with E-state index in [0.29, 0.717) is 16.7 Å². The van der Waals surface area contributed by atoms with E-state index in [2.05, 4.69) is 23.7 Å². The van der Waals surface area contributed by atoms with Crippen LogP contribution >= 0.6 is 0 Å². The average molecular weight is 756 g/mol. The van der Waals surface area contributed by atoms with Gasteiger partial charge in [-0.25, -0.2) is 9.69 Å². The van der Waals surface area contributed by atoms with Crippen molar-refractivity contribution in [1.29, 1.82) is 0 Å². The molecule has 4 aromatic carbocycles. The van der Waals surface area contributed by atoms with Gasteiger partial charge in [0, 0.05) is 25.6 Å². The van der Waals surface area contributed by atoms with E-state index in [1.165, 1.54) is 25.3 Å². The van der Waals surface area contributed by atoms with Crippen LogP contribution < -0.4 is 10.2 Å². The molecule has 3 aliphatic heterocycles. The molecule has 56 heavy (non-hydrogen) atoms. The zero-order chi connectivity index (χ0) is 39.4. The second-order valence-electron chi connectivity index (χ2n) is 13.6. The first-order chi connectivity index (χ1) is 27.3. The van der Waals surface area contributed by atoms with Crippen molar-refractivity contribution in [2.45, 2.75) is 36.1 Å². The number of nitrogens with one attached hydrogen (secondary N) is 1. The fraction of sp³-hybridized carbons (Fsp3) is 0.273. The highest BCUT2D eigenvalue weighted by molar-refractivity contribution is 6.23. The Balaban J connectivity index is 1.58. The lowest BCUT2D eigenvalue weighted by atomic mass is 9.65. The maximum absolute atomic E-state index is 15.8. The molecule has 3 N–H and O–H groups in total. The van der Waals surface area contributed by atoms with E-state index in [1.807, 2.05) is 65.6 Å². The summed E-state index contributed by atoms with van der Waals surface area (Å²) >= 11 is 0. The number of ether oxygens (including phenoxy) is 3. The highest BCUT2D eigenvalue weighted by Crippen LogP contribution is 2.66. The maximum Gasteiger partial charge on any atom is 0.421 e. The number of aromatic hydroxyl groups is 1. The van der Waals surface area contributed by atoms with Gasteiger partial charge in [-0.2, -0.15) is 0 Å². The van der Waals surface area contributed by atoms with Gasteiger partial charge in [0.25, 0.3) is 0 Å². The minimum atomic E-state index is -1.99. The van der Waals surface area contributed by atoms with E-state index in [1.54, 1.807) is 30.3 Å². The molecule has 286 valence electrons. The molecule has 12 heteroatoms. The standard InChI is InChI=1S/C44H41N3O9/c1-3-23-45-40(50)35-37-41(51)56-38(30-15-8-5-9-16-30)36(29-13-6-4-7-14-29)47(37)39(31-18-20-32(49)21-19-31)44(35)33-27-28(12-10-11-24-48)17-22-34(33)46(42(44)52)43(53)55-26-25-54-2/h3-9,13-22,27,35-39,48-49H,1,11,23-26H2,2H3,(H,45,50)/t35-,36-,37-,38+,39+,44-/m0/s1. The number of imide groups is 1. The molecule has 2 fully saturated rings. The fourth-order valence-electron chi connectivity index (χ4n) is 8.40. The normalized spacial score (nSPS) is 23.8. The van der Waals surface area contributed by atoms with Crippen molar-refractivity contribution in [3.05, 3.63) is 144 Å². The number of hydrogen-bond donors (Lipinski definition) is 3. The molecule has 1 spiro atoms. The number of esters is 1. The SMILES string of the molecule is C=CCNC(=O)[C@@H]1[C@H]2C(=O)O[C@H](c3ccccc3)[C@H](c3ccccc3)N2[C@H](c2ccc(O)cc2)[C@@]12C(=O)N(C(=O)OCCOC)c1ccc(C#CCCO)cc12. The zero-order valence-corrected chi connectivity index (χ0v) is 30.7. The zero-order valence-electron chi connectivity index (χ0n) is 30.7. The quantitative estimate of drug-likeness (QED) is 0.0884. The van der Waals surface area contributed by atoms with Crippen LogP contribution in [0.1, 0.15) is 52.4 Å². The van der Waals surface area contributed by atoms with Gasteiger partial charge in [0.1, 0.15) is 29.9 Å². The highest BCUT2D eigenvalue weighted by atomic mass is 16.6. The predicted octanol–water partition coefficient (Wildman–Crippen LogP) is 4.88.